The molecule has 0 saturated heterocycles. The summed E-state index contributed by atoms with van der Waals surface area (Å²) in [6, 6.07) is 77.5. The number of fused-ring (bicyclic) bond motifs is 4. The molecule has 1 unspecified atom stereocenters. The predicted molar refractivity (Wildman–Crippen MR) is 245 cm³/mol. The maximum atomic E-state index is 2.62. The van der Waals surface area contributed by atoms with Crippen LogP contribution < -0.4 is 25.6 Å². The molecule has 0 fully saturated rings. The Morgan fingerprint density at radius 2 is 0.966 bits per heavy atom. The molecule has 0 radical (unpaired) electrons. The molecule has 0 bridgehead atoms. The number of anilines is 7. The van der Waals surface area contributed by atoms with E-state index in [9.17, 15) is 0 Å². The van der Waals surface area contributed by atoms with E-state index in [1.165, 1.54) is 61.4 Å². The van der Waals surface area contributed by atoms with Crippen LogP contribution in [0.4, 0.5) is 39.8 Å². The van der Waals surface area contributed by atoms with E-state index in [0.29, 0.717) is 0 Å². The number of benzene rings is 8. The average molecular weight is 742 g/mol. The monoisotopic (exact) mass is 741 g/mol. The van der Waals surface area contributed by atoms with E-state index in [-0.39, 0.29) is 12.8 Å². The molecule has 1 aliphatic carbocycles. The van der Waals surface area contributed by atoms with Crippen LogP contribution in [0.2, 0.25) is 0 Å². The third-order valence-corrected chi connectivity index (χ3v) is 12.0. The van der Waals surface area contributed by atoms with Gasteiger partial charge in [-0.3, -0.25) is 0 Å². The summed E-state index contributed by atoms with van der Waals surface area (Å²) in [5.41, 5.74) is 18.4. The Hall–Kier alpha value is -7.30. The summed E-state index contributed by atoms with van der Waals surface area (Å²) in [7, 11) is 0. The lowest BCUT2D eigenvalue weighted by molar-refractivity contribution is 0.752. The second kappa shape index (κ2) is 14.3. The molecule has 3 nitrogen and oxygen atoms in total. The Morgan fingerprint density at radius 3 is 1.62 bits per heavy atom. The summed E-state index contributed by atoms with van der Waals surface area (Å²) in [6.45, 7) is 0.0734. The highest BCUT2D eigenvalue weighted by molar-refractivity contribution is 6.94. The van der Waals surface area contributed by atoms with Gasteiger partial charge in [0.05, 0.1) is 6.04 Å². The first-order valence-electron chi connectivity index (χ1n) is 20.2. The van der Waals surface area contributed by atoms with E-state index in [4.69, 9.17) is 0 Å². The fourth-order valence-corrected chi connectivity index (χ4v) is 9.45. The van der Waals surface area contributed by atoms with E-state index in [2.05, 4.69) is 239 Å². The molecule has 0 amide bonds. The number of hydrogen-bond acceptors (Lipinski definition) is 3. The molecule has 0 N–H and O–H groups in total. The van der Waals surface area contributed by atoms with Crippen LogP contribution in [0.1, 0.15) is 6.42 Å². The van der Waals surface area contributed by atoms with Gasteiger partial charge in [-0.1, -0.05) is 152 Å². The van der Waals surface area contributed by atoms with Crippen LogP contribution in [-0.2, 0) is 0 Å². The Morgan fingerprint density at radius 1 is 0.431 bits per heavy atom. The normalized spacial score (nSPS) is 15.1. The summed E-state index contributed by atoms with van der Waals surface area (Å²) in [6.07, 6.45) is 5.69. The third kappa shape index (κ3) is 5.76. The van der Waals surface area contributed by atoms with Crippen LogP contribution in [0.3, 0.4) is 0 Å². The first-order valence-corrected chi connectivity index (χ1v) is 20.2. The topological polar surface area (TPSA) is 9.72 Å². The lowest BCUT2D eigenvalue weighted by Gasteiger charge is -2.50. The highest BCUT2D eigenvalue weighted by atomic mass is 15.2. The standard InChI is InChI=1S/C54H40BN3/c1-6-18-39(19-7-1)41-22-16-29-46(36-41)58-51-31-17-30-50-54(51)55(48-34-32-42(37-52(48)58)40-20-8-2-9-21-40)49-35-33-47(38-53(49)57(50)45-27-14-5-15-28-45)56(43-23-10-3-11-24-43)44-25-12-4-13-26-44/h1-29,31-38,50H,30H2. The maximum Gasteiger partial charge on any atom is 0.247 e. The Balaban J connectivity index is 1.16. The summed E-state index contributed by atoms with van der Waals surface area (Å²) < 4.78 is 0. The molecule has 4 heteroatoms. The van der Waals surface area contributed by atoms with Crippen molar-refractivity contribution in [1.82, 2.24) is 0 Å². The van der Waals surface area contributed by atoms with Crippen molar-refractivity contribution in [3.63, 3.8) is 0 Å². The second-order valence-corrected chi connectivity index (χ2v) is 15.3. The minimum atomic E-state index is 0.0734. The highest BCUT2D eigenvalue weighted by Gasteiger charge is 2.47. The molecule has 58 heavy (non-hydrogen) atoms. The minimum absolute atomic E-state index is 0.0734. The van der Waals surface area contributed by atoms with Crippen molar-refractivity contribution in [2.45, 2.75) is 12.5 Å². The molecular weight excluding hydrogens is 701 g/mol. The Labute approximate surface area is 341 Å². The van der Waals surface area contributed by atoms with Gasteiger partial charge in [0.15, 0.2) is 0 Å². The molecule has 2 heterocycles. The fourth-order valence-electron chi connectivity index (χ4n) is 9.45. The van der Waals surface area contributed by atoms with Gasteiger partial charge in [-0.05, 0) is 118 Å². The molecule has 11 rings (SSSR count). The van der Waals surface area contributed by atoms with E-state index in [1.807, 2.05) is 0 Å². The van der Waals surface area contributed by atoms with Crippen molar-refractivity contribution < 1.29 is 0 Å². The van der Waals surface area contributed by atoms with Gasteiger partial charge in [0, 0.05) is 45.5 Å². The molecule has 0 saturated carbocycles. The molecule has 8 aromatic rings. The zero-order valence-corrected chi connectivity index (χ0v) is 32.1. The number of rotatable bonds is 7. The van der Waals surface area contributed by atoms with Gasteiger partial charge in [-0.25, -0.2) is 0 Å². The molecular formula is C54H40BN3. The van der Waals surface area contributed by atoms with Crippen LogP contribution >= 0.6 is 0 Å². The predicted octanol–water partition coefficient (Wildman–Crippen LogP) is 12.5. The molecule has 2 aliphatic heterocycles. The maximum absolute atomic E-state index is 2.62. The van der Waals surface area contributed by atoms with Crippen molar-refractivity contribution in [1.29, 1.82) is 0 Å². The molecule has 274 valence electrons. The van der Waals surface area contributed by atoms with Crippen LogP contribution in [0, 0.1) is 0 Å². The Bertz CT molecular complexity index is 2780. The van der Waals surface area contributed by atoms with Crippen molar-refractivity contribution in [2.75, 3.05) is 14.7 Å². The summed E-state index contributed by atoms with van der Waals surface area (Å²) in [4.78, 5) is 7.53. The van der Waals surface area contributed by atoms with Crippen molar-refractivity contribution in [2.24, 2.45) is 0 Å². The second-order valence-electron chi connectivity index (χ2n) is 15.3. The van der Waals surface area contributed by atoms with Gasteiger partial charge >= 0.3 is 0 Å². The zero-order chi connectivity index (χ0) is 38.4. The fraction of sp³-hybridized carbons (Fsp3) is 0.0370. The number of hydrogen-bond donors (Lipinski definition) is 0. The van der Waals surface area contributed by atoms with Crippen LogP contribution in [0.15, 0.2) is 236 Å². The van der Waals surface area contributed by atoms with Crippen LogP contribution in [0.25, 0.3) is 22.3 Å². The smallest absolute Gasteiger partial charge is 0.247 e. The van der Waals surface area contributed by atoms with Crippen LogP contribution in [-0.4, -0.2) is 12.8 Å². The third-order valence-electron chi connectivity index (χ3n) is 12.0. The van der Waals surface area contributed by atoms with E-state index in [1.54, 1.807) is 0 Å². The summed E-state index contributed by atoms with van der Waals surface area (Å²) in [5, 5.41) is 0. The highest BCUT2D eigenvalue weighted by Crippen LogP contribution is 2.48. The van der Waals surface area contributed by atoms with Crippen molar-refractivity contribution in [3.8, 4) is 22.3 Å². The molecule has 0 aromatic heterocycles. The van der Waals surface area contributed by atoms with Crippen LogP contribution in [0.5, 0.6) is 0 Å². The molecule has 8 aromatic carbocycles. The lowest BCUT2D eigenvalue weighted by atomic mass is 9.31. The zero-order valence-electron chi connectivity index (χ0n) is 32.1. The minimum Gasteiger partial charge on any atom is -0.335 e. The van der Waals surface area contributed by atoms with Gasteiger partial charge in [0.1, 0.15) is 0 Å². The van der Waals surface area contributed by atoms with E-state index in [0.717, 1.165) is 29.2 Å². The van der Waals surface area contributed by atoms with Gasteiger partial charge in [-0.2, -0.15) is 0 Å². The molecule has 1 atom stereocenters. The Kier molecular flexibility index (Phi) is 8.40. The number of para-hydroxylation sites is 3. The quantitative estimate of drug-likeness (QED) is 0.151. The van der Waals surface area contributed by atoms with Crippen molar-refractivity contribution >= 4 is 57.5 Å². The SMILES string of the molecule is C1=CC2=C3B(c4ccc(-c5ccccc5)cc4N2c2cccc(-c4ccccc4)c2)c2ccc(N(c4ccccc4)c4ccccc4)cc2N(c2ccccc2)C3C1. The first-order chi connectivity index (χ1) is 28.8. The average Bonchev–Trinajstić information content (AvgIpc) is 3.30. The van der Waals surface area contributed by atoms with Gasteiger partial charge < -0.3 is 14.7 Å². The summed E-state index contributed by atoms with van der Waals surface area (Å²) in [5.74, 6) is 0. The number of nitrogens with zero attached hydrogens (tertiary/aromatic N) is 3. The van der Waals surface area contributed by atoms with Gasteiger partial charge in [-0.15, -0.1) is 0 Å². The van der Waals surface area contributed by atoms with Gasteiger partial charge in [0.25, 0.3) is 0 Å². The van der Waals surface area contributed by atoms with Gasteiger partial charge in [0.2, 0.25) is 6.71 Å². The molecule has 3 aliphatic rings. The lowest BCUT2D eigenvalue weighted by Crippen LogP contribution is -2.61. The van der Waals surface area contributed by atoms with Crippen molar-refractivity contribution in [3.05, 3.63) is 236 Å². The van der Waals surface area contributed by atoms with E-state index < -0.39 is 0 Å². The number of allylic oxidation sites excluding steroid dienone is 1. The van der Waals surface area contributed by atoms with E-state index >= 15 is 0 Å². The largest absolute Gasteiger partial charge is 0.335 e. The molecule has 0 spiro atoms. The first kappa shape index (κ1) is 34.0. The summed E-state index contributed by atoms with van der Waals surface area (Å²) >= 11 is 0.